The Bertz CT molecular complexity index is 440. The van der Waals surface area contributed by atoms with Gasteiger partial charge in [0, 0.05) is 13.0 Å². The second-order valence-corrected chi connectivity index (χ2v) is 7.59. The van der Waals surface area contributed by atoms with Gasteiger partial charge < -0.3 is 0 Å². The zero-order chi connectivity index (χ0) is 15.2. The minimum absolute atomic E-state index is 0.214. The van der Waals surface area contributed by atoms with Crippen LogP contribution in [0, 0.1) is 5.92 Å². The van der Waals surface area contributed by atoms with Crippen LogP contribution < -0.4 is 0 Å². The maximum atomic E-state index is 11.8. The number of hydrogen-bond acceptors (Lipinski definition) is 3. The lowest BCUT2D eigenvalue weighted by Crippen LogP contribution is -2.45. The predicted octanol–water partition coefficient (Wildman–Crippen LogP) is 4.52. The number of carbonyl (C=O) groups is 1. The average molecular weight is 305 g/mol. The van der Waals surface area contributed by atoms with E-state index in [9.17, 15) is 4.79 Å². The van der Waals surface area contributed by atoms with E-state index in [-0.39, 0.29) is 10.4 Å². The first-order valence-corrected chi connectivity index (χ1v) is 8.93. The fourth-order valence-corrected chi connectivity index (χ4v) is 4.61. The highest BCUT2D eigenvalue weighted by Crippen LogP contribution is 2.39. The highest BCUT2D eigenvalue weighted by molar-refractivity contribution is 8.13. The van der Waals surface area contributed by atoms with Gasteiger partial charge in [0.25, 0.3) is 0 Å². The van der Waals surface area contributed by atoms with Crippen molar-refractivity contribution in [2.24, 2.45) is 5.92 Å². The van der Waals surface area contributed by atoms with Gasteiger partial charge in [-0.1, -0.05) is 62.4 Å². The van der Waals surface area contributed by atoms with Gasteiger partial charge in [-0.3, -0.25) is 9.69 Å². The van der Waals surface area contributed by atoms with E-state index < -0.39 is 0 Å². The van der Waals surface area contributed by atoms with Crippen LogP contribution in [0.2, 0.25) is 0 Å². The van der Waals surface area contributed by atoms with Crippen LogP contribution in [0.25, 0.3) is 0 Å². The molecule has 0 spiro atoms. The summed E-state index contributed by atoms with van der Waals surface area (Å²) >= 11 is 1.50. The standard InChI is InChI=1S/C18H27NOS/c1-14(2)17(19-12-8-5-9-13-19)18(21-15(3)20)16-10-6-4-7-11-16/h4,6-7,10-11,14,17-18H,5,8-9,12-13H2,1-3H3/t17-,18+/m0/s1. The Morgan fingerprint density at radius 2 is 1.71 bits per heavy atom. The number of piperidine rings is 1. The minimum atomic E-state index is 0.214. The molecular formula is C18H27NOS. The quantitative estimate of drug-likeness (QED) is 0.798. The number of hydrogen-bond donors (Lipinski definition) is 0. The van der Waals surface area contributed by atoms with E-state index in [1.807, 2.05) is 6.07 Å². The van der Waals surface area contributed by atoms with Crippen LogP contribution in [0.1, 0.15) is 50.8 Å². The SMILES string of the molecule is CC(=O)S[C@H](c1ccccc1)[C@H](C(C)C)N1CCCCC1. The molecular weight excluding hydrogens is 278 g/mol. The summed E-state index contributed by atoms with van der Waals surface area (Å²) in [6.45, 7) is 8.61. The normalized spacial score (nSPS) is 19.4. The van der Waals surface area contributed by atoms with E-state index in [1.165, 1.54) is 49.7 Å². The number of benzene rings is 1. The van der Waals surface area contributed by atoms with Gasteiger partial charge in [0.1, 0.15) is 0 Å². The summed E-state index contributed by atoms with van der Waals surface area (Å²) in [4.78, 5) is 14.4. The van der Waals surface area contributed by atoms with Crippen molar-refractivity contribution in [1.29, 1.82) is 0 Å². The van der Waals surface area contributed by atoms with Crippen LogP contribution in [-0.2, 0) is 4.79 Å². The molecule has 0 radical (unpaired) electrons. The van der Waals surface area contributed by atoms with E-state index in [0.717, 1.165) is 0 Å². The number of carbonyl (C=O) groups excluding carboxylic acids is 1. The summed E-state index contributed by atoms with van der Waals surface area (Å²) in [6, 6.07) is 11.0. The van der Waals surface area contributed by atoms with Crippen molar-refractivity contribution in [3.8, 4) is 0 Å². The van der Waals surface area contributed by atoms with Crippen LogP contribution in [0.3, 0.4) is 0 Å². The van der Waals surface area contributed by atoms with Gasteiger partial charge >= 0.3 is 0 Å². The van der Waals surface area contributed by atoms with Crippen molar-refractivity contribution < 1.29 is 4.79 Å². The lowest BCUT2D eigenvalue weighted by molar-refractivity contribution is -0.109. The molecule has 1 heterocycles. The largest absolute Gasteiger partial charge is 0.299 e. The molecule has 2 rings (SSSR count). The zero-order valence-corrected chi connectivity index (χ0v) is 14.2. The third-order valence-corrected chi connectivity index (χ3v) is 5.36. The van der Waals surface area contributed by atoms with Crippen molar-refractivity contribution >= 4 is 16.9 Å². The maximum absolute atomic E-state index is 11.8. The zero-order valence-electron chi connectivity index (χ0n) is 13.4. The van der Waals surface area contributed by atoms with Gasteiger partial charge in [0.05, 0.1) is 5.25 Å². The molecule has 0 aliphatic carbocycles. The smallest absolute Gasteiger partial charge is 0.186 e. The Balaban J connectivity index is 2.28. The molecule has 0 N–H and O–H groups in total. The fourth-order valence-electron chi connectivity index (χ4n) is 3.34. The molecule has 1 fully saturated rings. The molecule has 0 bridgehead atoms. The number of nitrogens with zero attached hydrogens (tertiary/aromatic N) is 1. The minimum Gasteiger partial charge on any atom is -0.299 e. The van der Waals surface area contributed by atoms with E-state index in [1.54, 1.807) is 6.92 Å². The van der Waals surface area contributed by atoms with Crippen molar-refractivity contribution in [3.05, 3.63) is 35.9 Å². The molecule has 1 aromatic carbocycles. The molecule has 0 unspecified atom stereocenters. The summed E-state index contributed by atoms with van der Waals surface area (Å²) in [6.07, 6.45) is 3.92. The number of rotatable bonds is 5. The first-order valence-electron chi connectivity index (χ1n) is 8.06. The van der Waals surface area contributed by atoms with Gasteiger partial charge in [-0.15, -0.1) is 0 Å². The van der Waals surface area contributed by atoms with Crippen molar-refractivity contribution in [1.82, 2.24) is 4.90 Å². The molecule has 1 aliphatic heterocycles. The summed E-state index contributed by atoms with van der Waals surface area (Å²) in [7, 11) is 0. The Morgan fingerprint density at radius 1 is 1.10 bits per heavy atom. The molecule has 2 atom stereocenters. The van der Waals surface area contributed by atoms with Crippen LogP contribution in [0.5, 0.6) is 0 Å². The molecule has 0 aromatic heterocycles. The number of thioether (sulfide) groups is 1. The molecule has 1 aliphatic rings. The van der Waals surface area contributed by atoms with Gasteiger partial charge in [-0.25, -0.2) is 0 Å². The molecule has 1 aromatic rings. The van der Waals surface area contributed by atoms with E-state index in [0.29, 0.717) is 12.0 Å². The van der Waals surface area contributed by atoms with E-state index in [4.69, 9.17) is 0 Å². The maximum Gasteiger partial charge on any atom is 0.186 e. The Labute approximate surface area is 133 Å². The van der Waals surface area contributed by atoms with E-state index >= 15 is 0 Å². The topological polar surface area (TPSA) is 20.3 Å². The molecule has 0 amide bonds. The summed E-state index contributed by atoms with van der Waals surface area (Å²) < 4.78 is 0. The van der Waals surface area contributed by atoms with Crippen LogP contribution >= 0.6 is 11.8 Å². The van der Waals surface area contributed by atoms with Crippen LogP contribution in [-0.4, -0.2) is 29.1 Å². The van der Waals surface area contributed by atoms with Crippen molar-refractivity contribution in [2.75, 3.05) is 13.1 Å². The highest BCUT2D eigenvalue weighted by Gasteiger charge is 2.33. The van der Waals surface area contributed by atoms with Gasteiger partial charge in [-0.05, 0) is 37.4 Å². The molecule has 116 valence electrons. The summed E-state index contributed by atoms with van der Waals surface area (Å²) in [5, 5.41) is 0.452. The lowest BCUT2D eigenvalue weighted by Gasteiger charge is -2.41. The fraction of sp³-hybridized carbons (Fsp3) is 0.611. The first-order chi connectivity index (χ1) is 10.1. The Hall–Kier alpha value is -0.800. The molecule has 21 heavy (non-hydrogen) atoms. The molecule has 3 heteroatoms. The second-order valence-electron chi connectivity index (χ2n) is 6.27. The average Bonchev–Trinajstić information content (AvgIpc) is 2.48. The van der Waals surface area contributed by atoms with Gasteiger partial charge in [0.15, 0.2) is 5.12 Å². The summed E-state index contributed by atoms with van der Waals surface area (Å²) in [5.74, 6) is 0.542. The third kappa shape index (κ3) is 4.58. The Morgan fingerprint density at radius 3 is 2.24 bits per heavy atom. The predicted molar refractivity (Wildman–Crippen MR) is 91.5 cm³/mol. The highest BCUT2D eigenvalue weighted by atomic mass is 32.2. The number of likely N-dealkylation sites (tertiary alicyclic amines) is 1. The second kappa shape index (κ2) is 8.00. The monoisotopic (exact) mass is 305 g/mol. The van der Waals surface area contributed by atoms with Crippen molar-refractivity contribution in [2.45, 2.75) is 51.3 Å². The van der Waals surface area contributed by atoms with Crippen LogP contribution in [0.15, 0.2) is 30.3 Å². The molecule has 0 saturated carbocycles. The van der Waals surface area contributed by atoms with Crippen LogP contribution in [0.4, 0.5) is 0 Å². The van der Waals surface area contributed by atoms with Gasteiger partial charge in [-0.2, -0.15) is 0 Å². The van der Waals surface area contributed by atoms with Gasteiger partial charge in [0.2, 0.25) is 0 Å². The first kappa shape index (κ1) is 16.6. The van der Waals surface area contributed by atoms with Crippen molar-refractivity contribution in [3.63, 3.8) is 0 Å². The molecule has 1 saturated heterocycles. The van der Waals surface area contributed by atoms with E-state index in [2.05, 4.69) is 43.0 Å². The third-order valence-electron chi connectivity index (χ3n) is 4.23. The molecule has 2 nitrogen and oxygen atoms in total. The Kier molecular flexibility index (Phi) is 6.31. The lowest BCUT2D eigenvalue weighted by atomic mass is 9.92. The summed E-state index contributed by atoms with van der Waals surface area (Å²) in [5.41, 5.74) is 1.28.